The standard InChI is InChI=1S/C34H34N4O6/c35-19-25(17-23-15-21-5-1-9-37-11-3-7-27(29(21)37)31(23)39)33(41)43-13-14-44-34(42)26(20-36)18-24-16-22-6-2-10-38-12-4-8-28(30(22)38)32(24)40/h15-18,39-40H,1-14H2. The first-order valence-electron chi connectivity index (χ1n) is 15.2. The van der Waals surface area contributed by atoms with Crippen LogP contribution in [0.25, 0.3) is 12.2 Å². The van der Waals surface area contributed by atoms with Crippen LogP contribution in [0.4, 0.5) is 11.4 Å². The second kappa shape index (κ2) is 12.3. The molecule has 0 amide bonds. The maximum absolute atomic E-state index is 12.7. The molecule has 2 N–H and O–H groups in total. The molecule has 0 bridgehead atoms. The zero-order valence-electron chi connectivity index (χ0n) is 24.5. The SMILES string of the molecule is N#CC(=Cc1cc2c3c(c1O)CCCN3CCC2)C(=O)OCCOC(=O)C(C#N)=Cc1cc2c3c(c1O)CCCN3CCC2. The van der Waals surface area contributed by atoms with E-state index in [9.17, 15) is 30.3 Å². The summed E-state index contributed by atoms with van der Waals surface area (Å²) < 4.78 is 10.3. The van der Waals surface area contributed by atoms with Crippen LogP contribution in [0, 0.1) is 22.7 Å². The van der Waals surface area contributed by atoms with Gasteiger partial charge in [0.2, 0.25) is 0 Å². The Kier molecular flexibility index (Phi) is 8.17. The Labute approximate surface area is 256 Å². The Hall–Kier alpha value is -4.96. The summed E-state index contributed by atoms with van der Waals surface area (Å²) in [6.45, 7) is 3.16. The van der Waals surface area contributed by atoms with Gasteiger partial charge in [0, 0.05) is 59.8 Å². The van der Waals surface area contributed by atoms with Crippen LogP contribution in [0.15, 0.2) is 23.3 Å². The minimum absolute atomic E-state index is 0.0761. The molecule has 0 fully saturated rings. The van der Waals surface area contributed by atoms with Crippen molar-refractivity contribution < 1.29 is 29.3 Å². The Morgan fingerprint density at radius 2 is 1.09 bits per heavy atom. The van der Waals surface area contributed by atoms with Gasteiger partial charge >= 0.3 is 11.9 Å². The summed E-state index contributed by atoms with van der Waals surface area (Å²) in [4.78, 5) is 29.9. The van der Waals surface area contributed by atoms with Gasteiger partial charge in [-0.25, -0.2) is 9.59 Å². The van der Waals surface area contributed by atoms with Crippen molar-refractivity contribution in [3.63, 3.8) is 0 Å². The fourth-order valence-corrected chi connectivity index (χ4v) is 6.97. The molecular weight excluding hydrogens is 560 g/mol. The van der Waals surface area contributed by atoms with E-state index in [1.54, 1.807) is 0 Å². The molecule has 4 aliphatic heterocycles. The minimum atomic E-state index is -0.908. The quantitative estimate of drug-likeness (QED) is 0.208. The number of phenols is 2. The lowest BCUT2D eigenvalue weighted by Crippen LogP contribution is -2.34. The van der Waals surface area contributed by atoms with Crippen molar-refractivity contribution in [3.05, 3.63) is 56.7 Å². The third kappa shape index (κ3) is 5.44. The summed E-state index contributed by atoms with van der Waals surface area (Å²) >= 11 is 0. The molecule has 44 heavy (non-hydrogen) atoms. The minimum Gasteiger partial charge on any atom is -0.507 e. The molecule has 2 aromatic carbocycles. The monoisotopic (exact) mass is 594 g/mol. The van der Waals surface area contributed by atoms with Crippen LogP contribution in [0.5, 0.6) is 11.5 Å². The lowest BCUT2D eigenvalue weighted by Gasteiger charge is -2.37. The lowest BCUT2D eigenvalue weighted by molar-refractivity contribution is -0.146. The molecule has 10 nitrogen and oxygen atoms in total. The summed E-state index contributed by atoms with van der Waals surface area (Å²) in [5.74, 6) is -1.66. The molecule has 6 rings (SSSR count). The fourth-order valence-electron chi connectivity index (χ4n) is 6.97. The highest BCUT2D eigenvalue weighted by Crippen LogP contribution is 2.44. The third-order valence-corrected chi connectivity index (χ3v) is 8.88. The van der Waals surface area contributed by atoms with Gasteiger partial charge < -0.3 is 29.5 Å². The van der Waals surface area contributed by atoms with Crippen LogP contribution in [-0.2, 0) is 44.7 Å². The first-order valence-corrected chi connectivity index (χ1v) is 15.2. The number of ether oxygens (including phenoxy) is 2. The number of carbonyl (C=O) groups is 2. The number of rotatable bonds is 7. The van der Waals surface area contributed by atoms with E-state index in [4.69, 9.17) is 9.47 Å². The van der Waals surface area contributed by atoms with E-state index in [1.165, 1.54) is 12.2 Å². The summed E-state index contributed by atoms with van der Waals surface area (Å²) in [5.41, 5.74) is 6.28. The summed E-state index contributed by atoms with van der Waals surface area (Å²) in [6, 6.07) is 7.35. The van der Waals surface area contributed by atoms with E-state index in [0.29, 0.717) is 11.1 Å². The van der Waals surface area contributed by atoms with Crippen LogP contribution >= 0.6 is 0 Å². The normalized spacial score (nSPS) is 17.1. The van der Waals surface area contributed by atoms with Crippen molar-refractivity contribution in [3.8, 4) is 23.6 Å². The van der Waals surface area contributed by atoms with Crippen molar-refractivity contribution in [1.29, 1.82) is 10.5 Å². The number of nitriles is 2. The molecule has 10 heteroatoms. The van der Waals surface area contributed by atoms with Gasteiger partial charge in [-0.15, -0.1) is 0 Å². The second-order valence-corrected chi connectivity index (χ2v) is 11.6. The molecule has 226 valence electrons. The number of esters is 2. The Balaban J connectivity index is 1.10. The maximum Gasteiger partial charge on any atom is 0.349 e. The molecule has 0 saturated heterocycles. The Morgan fingerprint density at radius 3 is 1.48 bits per heavy atom. The predicted octanol–water partition coefficient (Wildman–Crippen LogP) is 4.10. The van der Waals surface area contributed by atoms with Crippen molar-refractivity contribution in [2.45, 2.75) is 51.4 Å². The molecule has 0 unspecified atom stereocenters. The van der Waals surface area contributed by atoms with Gasteiger partial charge in [-0.3, -0.25) is 0 Å². The topological polar surface area (TPSA) is 147 Å². The molecule has 0 aromatic heterocycles. The first kappa shape index (κ1) is 29.1. The van der Waals surface area contributed by atoms with Gasteiger partial charge in [-0.1, -0.05) is 0 Å². The average Bonchev–Trinajstić information content (AvgIpc) is 3.04. The van der Waals surface area contributed by atoms with Crippen LogP contribution in [0.2, 0.25) is 0 Å². The van der Waals surface area contributed by atoms with E-state index in [1.807, 2.05) is 24.3 Å². The maximum atomic E-state index is 12.7. The van der Waals surface area contributed by atoms with Gasteiger partial charge in [0.1, 0.15) is 48.0 Å². The largest absolute Gasteiger partial charge is 0.507 e. The van der Waals surface area contributed by atoms with Crippen molar-refractivity contribution >= 4 is 35.5 Å². The van der Waals surface area contributed by atoms with Crippen molar-refractivity contribution in [1.82, 2.24) is 0 Å². The second-order valence-electron chi connectivity index (χ2n) is 11.6. The van der Waals surface area contributed by atoms with Gasteiger partial charge in [-0.05, 0) is 86.8 Å². The molecule has 4 heterocycles. The third-order valence-electron chi connectivity index (χ3n) is 8.88. The van der Waals surface area contributed by atoms with E-state index in [-0.39, 0.29) is 35.9 Å². The van der Waals surface area contributed by atoms with Gasteiger partial charge in [0.05, 0.1) is 0 Å². The van der Waals surface area contributed by atoms with Crippen LogP contribution in [-0.4, -0.2) is 61.5 Å². The molecule has 2 aromatic rings. The van der Waals surface area contributed by atoms with Crippen LogP contribution in [0.3, 0.4) is 0 Å². The number of hydrogen-bond donors (Lipinski definition) is 2. The van der Waals surface area contributed by atoms with Gasteiger partial charge in [-0.2, -0.15) is 10.5 Å². The molecular formula is C34H34N4O6. The summed E-state index contributed by atoms with van der Waals surface area (Å²) in [6.07, 6.45) is 9.72. The van der Waals surface area contributed by atoms with Crippen LogP contribution in [0.1, 0.15) is 59.1 Å². The number of phenolic OH excluding ortho intramolecular Hbond substituents is 2. The smallest absolute Gasteiger partial charge is 0.349 e. The fraction of sp³-hybridized carbons (Fsp3) is 0.412. The van der Waals surface area contributed by atoms with Gasteiger partial charge in [0.25, 0.3) is 0 Å². The molecule has 0 saturated carbocycles. The zero-order valence-corrected chi connectivity index (χ0v) is 24.5. The Morgan fingerprint density at radius 1 is 0.705 bits per heavy atom. The number of anilines is 2. The number of aryl methyl sites for hydroxylation is 2. The lowest BCUT2D eigenvalue weighted by atomic mass is 9.88. The van der Waals surface area contributed by atoms with Crippen LogP contribution < -0.4 is 9.80 Å². The van der Waals surface area contributed by atoms with E-state index >= 15 is 0 Å². The number of aromatic hydroxyl groups is 2. The highest BCUT2D eigenvalue weighted by Gasteiger charge is 2.29. The molecule has 0 atom stereocenters. The van der Waals surface area contributed by atoms with E-state index < -0.39 is 11.9 Å². The summed E-state index contributed by atoms with van der Waals surface area (Å²) in [5, 5.41) is 41.2. The molecule has 0 aliphatic carbocycles. The predicted molar refractivity (Wildman–Crippen MR) is 163 cm³/mol. The molecule has 4 aliphatic rings. The van der Waals surface area contributed by atoms with Gasteiger partial charge in [0.15, 0.2) is 0 Å². The number of nitrogens with zero attached hydrogens (tertiary/aromatic N) is 4. The van der Waals surface area contributed by atoms with Crippen molar-refractivity contribution in [2.75, 3.05) is 49.2 Å². The van der Waals surface area contributed by atoms with E-state index in [2.05, 4.69) is 9.80 Å². The van der Waals surface area contributed by atoms with E-state index in [0.717, 1.165) is 111 Å². The molecule has 0 radical (unpaired) electrons. The molecule has 0 spiro atoms. The first-order chi connectivity index (χ1) is 21.4. The summed E-state index contributed by atoms with van der Waals surface area (Å²) in [7, 11) is 0. The average molecular weight is 595 g/mol. The number of hydrogen-bond acceptors (Lipinski definition) is 10. The Bertz CT molecular complexity index is 1550. The highest BCUT2D eigenvalue weighted by molar-refractivity contribution is 5.99. The number of benzene rings is 2. The van der Waals surface area contributed by atoms with Crippen molar-refractivity contribution in [2.24, 2.45) is 0 Å². The highest BCUT2D eigenvalue weighted by atomic mass is 16.6. The number of carbonyl (C=O) groups excluding carboxylic acids is 2. The zero-order chi connectivity index (χ0) is 30.8.